The van der Waals surface area contributed by atoms with Gasteiger partial charge in [-0.3, -0.25) is 0 Å². The smallest absolute Gasteiger partial charge is 0.0963 e. The molecule has 1 aromatic rings. The highest BCUT2D eigenvalue weighted by Crippen LogP contribution is 2.43. The van der Waals surface area contributed by atoms with Gasteiger partial charge in [0.25, 0.3) is 0 Å². The summed E-state index contributed by atoms with van der Waals surface area (Å²) in [6, 6.07) is 6.93. The first-order valence-corrected chi connectivity index (χ1v) is 6.69. The number of hydrogen-bond donors (Lipinski definition) is 1. The van der Waals surface area contributed by atoms with Crippen LogP contribution in [0.25, 0.3) is 0 Å². The molecule has 1 N–H and O–H groups in total. The number of ether oxygens (including phenoxy) is 1. The molecule has 0 unspecified atom stereocenters. The molecular weight excluding hydrogens is 210 g/mol. The third kappa shape index (κ3) is 1.80. The van der Waals surface area contributed by atoms with Crippen LogP contribution in [0, 0.1) is 0 Å². The van der Waals surface area contributed by atoms with Crippen LogP contribution in [0.1, 0.15) is 49.3 Å². The van der Waals surface area contributed by atoms with E-state index in [2.05, 4.69) is 37.4 Å². The molecule has 1 spiro atoms. The molecule has 0 radical (unpaired) electrons. The topological polar surface area (TPSA) is 21.3 Å². The van der Waals surface area contributed by atoms with Crippen molar-refractivity contribution in [1.82, 2.24) is 5.32 Å². The maximum absolute atomic E-state index is 6.15. The zero-order valence-corrected chi connectivity index (χ0v) is 10.8. The zero-order valence-electron chi connectivity index (χ0n) is 10.8. The highest BCUT2D eigenvalue weighted by atomic mass is 16.5. The standard InChI is InChI=1S/C15H21NO/c1-11(2)12-3-4-14-13(9-12)10-17-15(14)5-7-16-8-6-15/h3-4,9,11,16H,5-8,10H2,1-2H3. The molecule has 92 valence electrons. The van der Waals surface area contributed by atoms with Gasteiger partial charge in [-0.1, -0.05) is 32.0 Å². The molecule has 1 saturated heterocycles. The van der Waals surface area contributed by atoms with E-state index in [1.807, 2.05) is 0 Å². The summed E-state index contributed by atoms with van der Waals surface area (Å²) in [5.74, 6) is 0.602. The molecule has 2 aliphatic heterocycles. The van der Waals surface area contributed by atoms with Crippen molar-refractivity contribution in [3.8, 4) is 0 Å². The van der Waals surface area contributed by atoms with Crippen LogP contribution in [0.2, 0.25) is 0 Å². The number of hydrogen-bond acceptors (Lipinski definition) is 2. The van der Waals surface area contributed by atoms with Crippen molar-refractivity contribution in [3.05, 3.63) is 34.9 Å². The van der Waals surface area contributed by atoms with E-state index in [1.165, 1.54) is 16.7 Å². The van der Waals surface area contributed by atoms with Gasteiger partial charge in [0.2, 0.25) is 0 Å². The molecule has 0 aromatic heterocycles. The third-order valence-electron chi connectivity index (χ3n) is 4.20. The first-order chi connectivity index (χ1) is 8.21. The first-order valence-electron chi connectivity index (χ1n) is 6.69. The Bertz CT molecular complexity index is 419. The Balaban J connectivity index is 1.97. The van der Waals surface area contributed by atoms with Gasteiger partial charge < -0.3 is 10.1 Å². The molecule has 0 saturated carbocycles. The van der Waals surface area contributed by atoms with Gasteiger partial charge in [0.15, 0.2) is 0 Å². The van der Waals surface area contributed by atoms with Crippen LogP contribution in [0.3, 0.4) is 0 Å². The Morgan fingerprint density at radius 1 is 1.24 bits per heavy atom. The molecule has 2 heteroatoms. The fourth-order valence-corrected chi connectivity index (χ4v) is 3.07. The monoisotopic (exact) mass is 231 g/mol. The molecule has 2 nitrogen and oxygen atoms in total. The van der Waals surface area contributed by atoms with E-state index in [9.17, 15) is 0 Å². The second-order valence-corrected chi connectivity index (χ2v) is 5.60. The van der Waals surface area contributed by atoms with E-state index < -0.39 is 0 Å². The van der Waals surface area contributed by atoms with Crippen LogP contribution in [0.5, 0.6) is 0 Å². The second kappa shape index (κ2) is 4.11. The van der Waals surface area contributed by atoms with Crippen molar-refractivity contribution < 1.29 is 4.74 Å². The van der Waals surface area contributed by atoms with Gasteiger partial charge in [-0.2, -0.15) is 0 Å². The number of benzene rings is 1. The van der Waals surface area contributed by atoms with Crippen LogP contribution in [0.4, 0.5) is 0 Å². The maximum Gasteiger partial charge on any atom is 0.0963 e. The van der Waals surface area contributed by atoms with Gasteiger partial charge in [0, 0.05) is 0 Å². The summed E-state index contributed by atoms with van der Waals surface area (Å²) in [6.07, 6.45) is 2.22. The fraction of sp³-hybridized carbons (Fsp3) is 0.600. The van der Waals surface area contributed by atoms with Gasteiger partial charge in [-0.15, -0.1) is 0 Å². The Kier molecular flexibility index (Phi) is 2.72. The van der Waals surface area contributed by atoms with E-state index in [-0.39, 0.29) is 5.60 Å². The quantitative estimate of drug-likeness (QED) is 0.802. The molecule has 17 heavy (non-hydrogen) atoms. The van der Waals surface area contributed by atoms with Crippen molar-refractivity contribution in [2.75, 3.05) is 13.1 Å². The van der Waals surface area contributed by atoms with E-state index in [1.54, 1.807) is 0 Å². The Labute approximate surface area is 103 Å². The van der Waals surface area contributed by atoms with Crippen LogP contribution in [-0.4, -0.2) is 13.1 Å². The largest absolute Gasteiger partial charge is 0.365 e. The second-order valence-electron chi connectivity index (χ2n) is 5.60. The molecule has 2 aliphatic rings. The predicted octanol–water partition coefficient (Wildman–Crippen LogP) is 2.92. The minimum Gasteiger partial charge on any atom is -0.365 e. The summed E-state index contributed by atoms with van der Waals surface area (Å²) >= 11 is 0. The Hall–Kier alpha value is -0.860. The van der Waals surface area contributed by atoms with Crippen LogP contribution < -0.4 is 5.32 Å². The highest BCUT2D eigenvalue weighted by molar-refractivity contribution is 5.40. The molecular formula is C15H21NO. The summed E-state index contributed by atoms with van der Waals surface area (Å²) < 4.78 is 6.15. The molecule has 0 amide bonds. The van der Waals surface area contributed by atoms with Crippen molar-refractivity contribution in [2.24, 2.45) is 0 Å². The van der Waals surface area contributed by atoms with E-state index >= 15 is 0 Å². The number of nitrogens with one attached hydrogen (secondary N) is 1. The van der Waals surface area contributed by atoms with Crippen molar-refractivity contribution in [3.63, 3.8) is 0 Å². The summed E-state index contributed by atoms with van der Waals surface area (Å²) in [6.45, 7) is 7.45. The van der Waals surface area contributed by atoms with Gasteiger partial charge in [-0.05, 0) is 48.5 Å². The van der Waals surface area contributed by atoms with Gasteiger partial charge >= 0.3 is 0 Å². The third-order valence-corrected chi connectivity index (χ3v) is 4.20. The van der Waals surface area contributed by atoms with Crippen molar-refractivity contribution in [2.45, 2.75) is 44.8 Å². The number of piperidine rings is 1. The lowest BCUT2D eigenvalue weighted by Gasteiger charge is -2.34. The molecule has 1 fully saturated rings. The molecule has 1 aromatic carbocycles. The highest BCUT2D eigenvalue weighted by Gasteiger charge is 2.40. The minimum absolute atomic E-state index is 0.0239. The SMILES string of the molecule is CC(C)c1ccc2c(c1)COC21CCNCC1. The van der Waals surface area contributed by atoms with E-state index in [0.29, 0.717) is 5.92 Å². The first kappa shape index (κ1) is 11.2. The van der Waals surface area contributed by atoms with E-state index in [0.717, 1.165) is 32.5 Å². The summed E-state index contributed by atoms with van der Waals surface area (Å²) in [7, 11) is 0. The van der Waals surface area contributed by atoms with Gasteiger partial charge in [-0.25, -0.2) is 0 Å². The zero-order chi connectivity index (χ0) is 11.9. The molecule has 0 bridgehead atoms. The van der Waals surface area contributed by atoms with Gasteiger partial charge in [0.05, 0.1) is 12.2 Å². The normalized spacial score (nSPS) is 22.1. The molecule has 0 atom stereocenters. The van der Waals surface area contributed by atoms with Gasteiger partial charge in [0.1, 0.15) is 0 Å². The van der Waals surface area contributed by atoms with Crippen LogP contribution >= 0.6 is 0 Å². The Morgan fingerprint density at radius 2 is 2.00 bits per heavy atom. The fourth-order valence-electron chi connectivity index (χ4n) is 3.07. The molecule has 3 rings (SSSR count). The average molecular weight is 231 g/mol. The summed E-state index contributed by atoms with van der Waals surface area (Å²) in [5.41, 5.74) is 4.32. The average Bonchev–Trinajstić information content (AvgIpc) is 2.69. The lowest BCUT2D eigenvalue weighted by Crippen LogP contribution is -2.39. The van der Waals surface area contributed by atoms with Crippen molar-refractivity contribution >= 4 is 0 Å². The summed E-state index contributed by atoms with van der Waals surface area (Å²) in [5, 5.41) is 3.42. The summed E-state index contributed by atoms with van der Waals surface area (Å²) in [4.78, 5) is 0. The lowest BCUT2D eigenvalue weighted by molar-refractivity contribution is -0.0590. The van der Waals surface area contributed by atoms with Crippen LogP contribution in [-0.2, 0) is 16.9 Å². The number of fused-ring (bicyclic) bond motifs is 2. The minimum atomic E-state index is 0.0239. The maximum atomic E-state index is 6.15. The molecule has 0 aliphatic carbocycles. The lowest BCUT2D eigenvalue weighted by atomic mass is 9.83. The van der Waals surface area contributed by atoms with Crippen LogP contribution in [0.15, 0.2) is 18.2 Å². The number of rotatable bonds is 1. The molecule has 2 heterocycles. The van der Waals surface area contributed by atoms with Crippen molar-refractivity contribution in [1.29, 1.82) is 0 Å². The van der Waals surface area contributed by atoms with E-state index in [4.69, 9.17) is 4.74 Å². The Morgan fingerprint density at radius 3 is 2.71 bits per heavy atom. The predicted molar refractivity (Wildman–Crippen MR) is 69.1 cm³/mol.